The van der Waals surface area contributed by atoms with Crippen LogP contribution in [0.1, 0.15) is 18.1 Å². The minimum absolute atomic E-state index is 0.254. The smallest absolute Gasteiger partial charge is 0.201 e. The molecule has 0 saturated carbocycles. The molecule has 3 nitrogen and oxygen atoms in total. The van der Waals surface area contributed by atoms with Gasteiger partial charge in [0.1, 0.15) is 0 Å². The van der Waals surface area contributed by atoms with Crippen LogP contribution in [0.15, 0.2) is 28.5 Å². The largest absolute Gasteiger partial charge is 0.326 e. The van der Waals surface area contributed by atoms with E-state index < -0.39 is 9.84 Å². The molecule has 0 radical (unpaired) electrons. The van der Waals surface area contributed by atoms with Crippen LogP contribution < -0.4 is 5.73 Å². The zero-order valence-electron chi connectivity index (χ0n) is 9.64. The van der Waals surface area contributed by atoms with E-state index in [0.717, 1.165) is 22.6 Å². The lowest BCUT2D eigenvalue weighted by Gasteiger charge is -2.07. The molecule has 1 aromatic rings. The minimum Gasteiger partial charge on any atom is -0.326 e. The minimum atomic E-state index is -3.28. The highest BCUT2D eigenvalue weighted by Crippen LogP contribution is 2.37. The van der Waals surface area contributed by atoms with Gasteiger partial charge >= 0.3 is 0 Å². The summed E-state index contributed by atoms with van der Waals surface area (Å²) >= 11 is 1.72. The van der Waals surface area contributed by atoms with Crippen LogP contribution in [0.25, 0.3) is 5.57 Å². The van der Waals surface area contributed by atoms with Crippen molar-refractivity contribution in [3.8, 4) is 0 Å². The quantitative estimate of drug-likeness (QED) is 0.908. The Bertz CT molecular complexity index is 562. The number of thioether (sulfide) groups is 1. The molecule has 1 aromatic carbocycles. The van der Waals surface area contributed by atoms with Crippen molar-refractivity contribution in [2.75, 3.05) is 11.5 Å². The lowest BCUT2D eigenvalue weighted by Crippen LogP contribution is -2.05. The van der Waals surface area contributed by atoms with Gasteiger partial charge in [-0.25, -0.2) is 8.42 Å². The molecule has 0 unspecified atom stereocenters. The molecule has 2 rings (SSSR count). The summed E-state index contributed by atoms with van der Waals surface area (Å²) in [6.45, 7) is 2.32. The third-order valence-corrected chi connectivity index (χ3v) is 5.28. The standard InChI is InChI=1S/C12H15NO2S2/c1-2-16-7-10-8-17(14,15)12-9(6-13)4-3-5-11(10)12/h3-5,8H,2,6-7,13H2,1H3. The third-order valence-electron chi connectivity index (χ3n) is 2.71. The highest BCUT2D eigenvalue weighted by atomic mass is 32.2. The molecule has 92 valence electrons. The number of hydrogen-bond acceptors (Lipinski definition) is 4. The SMILES string of the molecule is CCSCC1=CS(=O)(=O)c2c(CN)cccc21. The van der Waals surface area contributed by atoms with Gasteiger partial charge in [0.2, 0.25) is 9.84 Å². The summed E-state index contributed by atoms with van der Waals surface area (Å²) in [5.41, 5.74) is 8.02. The predicted octanol–water partition coefficient (Wildman–Crippen LogP) is 2.03. The van der Waals surface area contributed by atoms with Gasteiger partial charge in [0.05, 0.1) is 4.90 Å². The van der Waals surface area contributed by atoms with E-state index in [1.54, 1.807) is 17.8 Å². The van der Waals surface area contributed by atoms with Crippen LogP contribution in [-0.2, 0) is 16.4 Å². The van der Waals surface area contributed by atoms with Gasteiger partial charge in [0.15, 0.2) is 0 Å². The number of benzene rings is 1. The molecule has 5 heteroatoms. The van der Waals surface area contributed by atoms with Crippen molar-refractivity contribution in [1.82, 2.24) is 0 Å². The Labute approximate surface area is 106 Å². The predicted molar refractivity (Wildman–Crippen MR) is 72.5 cm³/mol. The molecule has 0 fully saturated rings. The van der Waals surface area contributed by atoms with E-state index in [4.69, 9.17) is 5.73 Å². The van der Waals surface area contributed by atoms with Gasteiger partial charge in [-0.3, -0.25) is 0 Å². The van der Waals surface area contributed by atoms with E-state index >= 15 is 0 Å². The van der Waals surface area contributed by atoms with Crippen molar-refractivity contribution in [1.29, 1.82) is 0 Å². The average molecular weight is 269 g/mol. The van der Waals surface area contributed by atoms with Gasteiger partial charge in [-0.1, -0.05) is 25.1 Å². The first-order chi connectivity index (χ1) is 8.10. The topological polar surface area (TPSA) is 60.2 Å². The van der Waals surface area contributed by atoms with Gasteiger partial charge in [0.25, 0.3) is 0 Å². The van der Waals surface area contributed by atoms with Crippen LogP contribution in [0.5, 0.6) is 0 Å². The maximum absolute atomic E-state index is 12.1. The molecule has 1 heterocycles. The first-order valence-electron chi connectivity index (χ1n) is 5.46. The zero-order valence-corrected chi connectivity index (χ0v) is 11.3. The highest BCUT2D eigenvalue weighted by molar-refractivity contribution is 8.00. The Hall–Kier alpha value is -0.780. The van der Waals surface area contributed by atoms with E-state index in [9.17, 15) is 8.42 Å². The Kier molecular flexibility index (Phi) is 3.61. The first-order valence-corrected chi connectivity index (χ1v) is 8.16. The van der Waals surface area contributed by atoms with Crippen molar-refractivity contribution < 1.29 is 8.42 Å². The number of hydrogen-bond donors (Lipinski definition) is 1. The summed E-state index contributed by atoms with van der Waals surface area (Å²) in [5.74, 6) is 1.71. The lowest BCUT2D eigenvalue weighted by molar-refractivity contribution is 0.604. The van der Waals surface area contributed by atoms with Crippen LogP contribution in [-0.4, -0.2) is 19.9 Å². The molecule has 0 aromatic heterocycles. The van der Waals surface area contributed by atoms with Crippen LogP contribution in [0, 0.1) is 0 Å². The number of sulfone groups is 1. The molecule has 0 atom stereocenters. The van der Waals surface area contributed by atoms with Gasteiger partial charge in [-0.15, -0.1) is 0 Å². The molecule has 2 N–H and O–H groups in total. The summed E-state index contributed by atoms with van der Waals surface area (Å²) < 4.78 is 24.1. The van der Waals surface area contributed by atoms with E-state index in [2.05, 4.69) is 6.92 Å². The van der Waals surface area contributed by atoms with Crippen molar-refractivity contribution >= 4 is 27.2 Å². The maximum Gasteiger partial charge on any atom is 0.201 e. The molecule has 1 aliphatic heterocycles. The second-order valence-electron chi connectivity index (χ2n) is 3.82. The van der Waals surface area contributed by atoms with Gasteiger partial charge < -0.3 is 5.73 Å². The maximum atomic E-state index is 12.1. The molecule has 0 amide bonds. The molecule has 1 aliphatic rings. The summed E-state index contributed by atoms with van der Waals surface area (Å²) in [5, 5.41) is 1.39. The Balaban J connectivity index is 2.53. The fourth-order valence-corrected chi connectivity index (χ4v) is 4.46. The van der Waals surface area contributed by atoms with Crippen LogP contribution in [0.2, 0.25) is 0 Å². The Morgan fingerprint density at radius 3 is 2.76 bits per heavy atom. The van der Waals surface area contributed by atoms with E-state index in [-0.39, 0.29) is 6.54 Å². The van der Waals surface area contributed by atoms with Crippen molar-refractivity contribution in [3.05, 3.63) is 34.7 Å². The van der Waals surface area contributed by atoms with Gasteiger partial charge in [0, 0.05) is 17.7 Å². The van der Waals surface area contributed by atoms with Crippen LogP contribution in [0.3, 0.4) is 0 Å². The third kappa shape index (κ3) is 2.27. The molecule has 0 spiro atoms. The Morgan fingerprint density at radius 1 is 1.35 bits per heavy atom. The monoisotopic (exact) mass is 269 g/mol. The molecule has 0 aliphatic carbocycles. The fraction of sp³-hybridized carbons (Fsp3) is 0.333. The summed E-state index contributed by atoms with van der Waals surface area (Å²) in [7, 11) is -3.28. The first kappa shape index (κ1) is 12.7. The summed E-state index contributed by atoms with van der Waals surface area (Å²) in [4.78, 5) is 0.411. The van der Waals surface area contributed by atoms with E-state index in [0.29, 0.717) is 10.5 Å². The molecule has 0 bridgehead atoms. The van der Waals surface area contributed by atoms with Crippen LogP contribution in [0.4, 0.5) is 0 Å². The average Bonchev–Trinajstić information content (AvgIpc) is 2.58. The second-order valence-corrected chi connectivity index (χ2v) is 6.83. The normalized spacial score (nSPS) is 16.7. The zero-order chi connectivity index (χ0) is 12.5. The Morgan fingerprint density at radius 2 is 2.12 bits per heavy atom. The van der Waals surface area contributed by atoms with Crippen LogP contribution >= 0.6 is 11.8 Å². The molecule has 17 heavy (non-hydrogen) atoms. The number of fused-ring (bicyclic) bond motifs is 1. The summed E-state index contributed by atoms with van der Waals surface area (Å²) in [6, 6.07) is 5.51. The molecule has 0 saturated heterocycles. The second kappa shape index (κ2) is 4.84. The van der Waals surface area contributed by atoms with Gasteiger partial charge in [-0.2, -0.15) is 11.8 Å². The van der Waals surface area contributed by atoms with E-state index in [1.165, 1.54) is 5.41 Å². The number of rotatable bonds is 4. The number of nitrogens with two attached hydrogens (primary N) is 1. The van der Waals surface area contributed by atoms with Gasteiger partial charge in [-0.05, 0) is 22.5 Å². The fourth-order valence-electron chi connectivity index (χ4n) is 1.97. The highest BCUT2D eigenvalue weighted by Gasteiger charge is 2.28. The van der Waals surface area contributed by atoms with E-state index in [1.807, 2.05) is 12.1 Å². The van der Waals surface area contributed by atoms with Crippen molar-refractivity contribution in [2.45, 2.75) is 18.4 Å². The van der Waals surface area contributed by atoms with Crippen molar-refractivity contribution in [2.24, 2.45) is 5.73 Å². The molecular formula is C12H15NO2S2. The molecular weight excluding hydrogens is 254 g/mol. The van der Waals surface area contributed by atoms with Crippen molar-refractivity contribution in [3.63, 3.8) is 0 Å². The summed E-state index contributed by atoms with van der Waals surface area (Å²) in [6.07, 6.45) is 0. The lowest BCUT2D eigenvalue weighted by atomic mass is 10.1.